The van der Waals surface area contributed by atoms with Crippen LogP contribution in [0.3, 0.4) is 0 Å². The number of carbonyl (C=O) groups is 1. The first-order chi connectivity index (χ1) is 8.54. The number of benzene rings is 1. The summed E-state index contributed by atoms with van der Waals surface area (Å²) in [5.74, 6) is -1.30. The lowest BCUT2D eigenvalue weighted by Crippen LogP contribution is -2.31. The molecule has 1 N–H and O–H groups in total. The standard InChI is InChI=1S/C12H14F2N2O2/c1-15-11(7-16(4-5-17)12(15)18)9-3-2-8(13)6-10(9)14/h2-3,6,11,17H,4-5,7H2,1H3. The third kappa shape index (κ3) is 2.15. The van der Waals surface area contributed by atoms with Crippen LogP contribution in [0, 0.1) is 11.6 Å². The largest absolute Gasteiger partial charge is 0.395 e. The van der Waals surface area contributed by atoms with Gasteiger partial charge < -0.3 is 14.9 Å². The van der Waals surface area contributed by atoms with Crippen molar-refractivity contribution in [3.63, 3.8) is 0 Å². The molecule has 6 heteroatoms. The van der Waals surface area contributed by atoms with Crippen LogP contribution in [0.2, 0.25) is 0 Å². The average Bonchev–Trinajstić information content (AvgIpc) is 2.58. The fraction of sp³-hybridized carbons (Fsp3) is 0.417. The predicted molar refractivity (Wildman–Crippen MR) is 60.9 cm³/mol. The van der Waals surface area contributed by atoms with Crippen molar-refractivity contribution in [3.05, 3.63) is 35.4 Å². The van der Waals surface area contributed by atoms with Crippen LogP contribution in [0.1, 0.15) is 11.6 Å². The van der Waals surface area contributed by atoms with Gasteiger partial charge in [-0.15, -0.1) is 0 Å². The second kappa shape index (κ2) is 4.89. The van der Waals surface area contributed by atoms with Crippen molar-refractivity contribution in [1.82, 2.24) is 9.80 Å². The smallest absolute Gasteiger partial charge is 0.320 e. The number of amides is 2. The summed E-state index contributed by atoms with van der Waals surface area (Å²) in [7, 11) is 1.56. The number of rotatable bonds is 3. The van der Waals surface area contributed by atoms with Crippen molar-refractivity contribution >= 4 is 6.03 Å². The van der Waals surface area contributed by atoms with E-state index in [1.54, 1.807) is 7.05 Å². The van der Waals surface area contributed by atoms with Gasteiger partial charge in [-0.05, 0) is 6.07 Å². The van der Waals surface area contributed by atoms with Crippen LogP contribution in [-0.2, 0) is 0 Å². The summed E-state index contributed by atoms with van der Waals surface area (Å²) in [4.78, 5) is 14.6. The predicted octanol–water partition coefficient (Wildman–Crippen LogP) is 1.37. The quantitative estimate of drug-likeness (QED) is 0.887. The van der Waals surface area contributed by atoms with E-state index in [2.05, 4.69) is 0 Å². The molecule has 0 saturated carbocycles. The summed E-state index contributed by atoms with van der Waals surface area (Å²) in [6, 6.07) is 2.61. The Hall–Kier alpha value is -1.69. The molecule has 1 saturated heterocycles. The van der Waals surface area contributed by atoms with Crippen LogP contribution in [0.5, 0.6) is 0 Å². The molecule has 98 valence electrons. The van der Waals surface area contributed by atoms with Crippen molar-refractivity contribution < 1.29 is 18.7 Å². The van der Waals surface area contributed by atoms with Gasteiger partial charge in [0.25, 0.3) is 0 Å². The summed E-state index contributed by atoms with van der Waals surface area (Å²) in [6.45, 7) is 0.360. The summed E-state index contributed by atoms with van der Waals surface area (Å²) < 4.78 is 26.5. The molecule has 0 bridgehead atoms. The van der Waals surface area contributed by atoms with E-state index in [1.807, 2.05) is 0 Å². The van der Waals surface area contributed by atoms with E-state index in [4.69, 9.17) is 5.11 Å². The summed E-state index contributed by atoms with van der Waals surface area (Å²) in [6.07, 6.45) is 0. The molecule has 4 nitrogen and oxygen atoms in total. The molecule has 2 amide bonds. The van der Waals surface area contributed by atoms with E-state index < -0.39 is 17.7 Å². The van der Waals surface area contributed by atoms with Gasteiger partial charge in [-0.25, -0.2) is 13.6 Å². The Kier molecular flexibility index (Phi) is 3.47. The first-order valence-electron chi connectivity index (χ1n) is 5.62. The third-order valence-electron chi connectivity index (χ3n) is 3.12. The van der Waals surface area contributed by atoms with Crippen LogP contribution < -0.4 is 0 Å². The average molecular weight is 256 g/mol. The van der Waals surface area contributed by atoms with E-state index in [1.165, 1.54) is 21.9 Å². The van der Waals surface area contributed by atoms with Crippen molar-refractivity contribution in [2.45, 2.75) is 6.04 Å². The molecule has 2 rings (SSSR count). The molecule has 1 aliphatic heterocycles. The lowest BCUT2D eigenvalue weighted by atomic mass is 10.1. The number of aliphatic hydroxyl groups is 1. The summed E-state index contributed by atoms with van der Waals surface area (Å²) in [5, 5.41) is 8.84. The minimum atomic E-state index is -0.662. The first kappa shape index (κ1) is 12.8. The molecule has 1 aromatic rings. The van der Waals surface area contributed by atoms with E-state index in [0.29, 0.717) is 6.54 Å². The van der Waals surface area contributed by atoms with Gasteiger partial charge in [0.05, 0.1) is 12.6 Å². The molecule has 1 unspecified atom stereocenters. The molecular weight excluding hydrogens is 242 g/mol. The van der Waals surface area contributed by atoms with Gasteiger partial charge in [0.2, 0.25) is 0 Å². The molecule has 1 atom stereocenters. The van der Waals surface area contributed by atoms with Gasteiger partial charge >= 0.3 is 6.03 Å². The van der Waals surface area contributed by atoms with Gasteiger partial charge in [0.15, 0.2) is 0 Å². The van der Waals surface area contributed by atoms with E-state index in [0.717, 1.165) is 6.07 Å². The normalized spacial score (nSPS) is 19.8. The van der Waals surface area contributed by atoms with Gasteiger partial charge in [0.1, 0.15) is 11.6 Å². The van der Waals surface area contributed by atoms with Crippen molar-refractivity contribution in [2.24, 2.45) is 0 Å². The number of likely N-dealkylation sites (N-methyl/N-ethyl adjacent to an activating group) is 1. The Morgan fingerprint density at radius 1 is 1.44 bits per heavy atom. The molecular formula is C12H14F2N2O2. The monoisotopic (exact) mass is 256 g/mol. The molecule has 0 spiro atoms. The highest BCUT2D eigenvalue weighted by Gasteiger charge is 2.36. The number of β-amino-alcohol motifs (C(OH)–C–C–N with tert-alkyl or cyclic N) is 1. The Bertz CT molecular complexity index is 467. The third-order valence-corrected chi connectivity index (χ3v) is 3.12. The lowest BCUT2D eigenvalue weighted by molar-refractivity contribution is 0.182. The number of urea groups is 1. The molecule has 1 heterocycles. The van der Waals surface area contributed by atoms with Crippen LogP contribution in [-0.4, -0.2) is 47.7 Å². The number of nitrogens with zero attached hydrogens (tertiary/aromatic N) is 2. The van der Waals surface area contributed by atoms with E-state index in [9.17, 15) is 13.6 Å². The minimum Gasteiger partial charge on any atom is -0.395 e. The highest BCUT2D eigenvalue weighted by molar-refractivity contribution is 5.77. The Morgan fingerprint density at radius 2 is 2.17 bits per heavy atom. The molecule has 0 aliphatic carbocycles. The number of carbonyl (C=O) groups excluding carboxylic acids is 1. The molecule has 1 aliphatic rings. The van der Waals surface area contributed by atoms with Gasteiger partial charge in [-0.2, -0.15) is 0 Å². The maximum atomic E-state index is 13.7. The molecule has 0 radical (unpaired) electrons. The fourth-order valence-corrected chi connectivity index (χ4v) is 2.15. The zero-order valence-corrected chi connectivity index (χ0v) is 9.94. The Labute approximate surface area is 103 Å². The maximum absolute atomic E-state index is 13.7. The lowest BCUT2D eigenvalue weighted by Gasteiger charge is -2.18. The van der Waals surface area contributed by atoms with Gasteiger partial charge in [-0.1, -0.05) is 6.07 Å². The number of hydrogen-bond donors (Lipinski definition) is 1. The van der Waals surface area contributed by atoms with Crippen LogP contribution >= 0.6 is 0 Å². The second-order valence-corrected chi connectivity index (χ2v) is 4.24. The van der Waals surface area contributed by atoms with E-state index >= 15 is 0 Å². The Balaban J connectivity index is 2.26. The van der Waals surface area contributed by atoms with Crippen molar-refractivity contribution in [2.75, 3.05) is 26.7 Å². The number of halogens is 2. The molecule has 1 fully saturated rings. The van der Waals surface area contributed by atoms with Crippen LogP contribution in [0.25, 0.3) is 0 Å². The zero-order valence-electron chi connectivity index (χ0n) is 9.94. The zero-order chi connectivity index (χ0) is 13.3. The number of aliphatic hydroxyl groups excluding tert-OH is 1. The first-order valence-corrected chi connectivity index (χ1v) is 5.62. The van der Waals surface area contributed by atoms with Crippen molar-refractivity contribution in [3.8, 4) is 0 Å². The Morgan fingerprint density at radius 3 is 2.78 bits per heavy atom. The van der Waals surface area contributed by atoms with Crippen molar-refractivity contribution in [1.29, 1.82) is 0 Å². The van der Waals surface area contributed by atoms with Gasteiger partial charge in [-0.3, -0.25) is 0 Å². The molecule has 1 aromatic carbocycles. The number of hydrogen-bond acceptors (Lipinski definition) is 2. The summed E-state index contributed by atoms with van der Waals surface area (Å²) >= 11 is 0. The van der Waals surface area contributed by atoms with E-state index in [-0.39, 0.29) is 24.7 Å². The van der Waals surface area contributed by atoms with Crippen LogP contribution in [0.15, 0.2) is 18.2 Å². The van der Waals surface area contributed by atoms with Gasteiger partial charge in [0, 0.05) is 31.8 Å². The van der Waals surface area contributed by atoms with Crippen LogP contribution in [0.4, 0.5) is 13.6 Å². The highest BCUT2D eigenvalue weighted by atomic mass is 19.1. The molecule has 0 aromatic heterocycles. The fourth-order valence-electron chi connectivity index (χ4n) is 2.15. The second-order valence-electron chi connectivity index (χ2n) is 4.24. The molecule has 18 heavy (non-hydrogen) atoms. The SMILES string of the molecule is CN1C(=O)N(CCO)CC1c1ccc(F)cc1F. The topological polar surface area (TPSA) is 43.8 Å². The minimum absolute atomic E-state index is 0.141. The maximum Gasteiger partial charge on any atom is 0.320 e. The summed E-state index contributed by atoms with van der Waals surface area (Å²) in [5.41, 5.74) is 0.285. The highest BCUT2D eigenvalue weighted by Crippen LogP contribution is 2.29.